The normalized spacial score (nSPS) is 17.8. The number of nitrogens with zero attached hydrogens (tertiary/aromatic N) is 6. The van der Waals surface area contributed by atoms with E-state index in [0.717, 1.165) is 36.2 Å². The topological polar surface area (TPSA) is 82.0 Å². The Hall–Kier alpha value is -2.90. The number of nitro groups is 1. The summed E-state index contributed by atoms with van der Waals surface area (Å²) in [4.78, 5) is 21.7. The highest BCUT2D eigenvalue weighted by Gasteiger charge is 2.36. The molecule has 4 rings (SSSR count). The molecule has 1 unspecified atom stereocenters. The number of aromatic nitrogens is 4. The first-order valence-electron chi connectivity index (χ1n) is 7.91. The van der Waals surface area contributed by atoms with E-state index in [-0.39, 0.29) is 11.9 Å². The second-order valence-corrected chi connectivity index (χ2v) is 6.13. The van der Waals surface area contributed by atoms with E-state index in [1.807, 2.05) is 31.3 Å². The average Bonchev–Trinajstić information content (AvgIpc) is 3.25. The fourth-order valence-corrected chi connectivity index (χ4v) is 3.62. The summed E-state index contributed by atoms with van der Waals surface area (Å²) in [6, 6.07) is 8.00. The molecule has 124 valence electrons. The maximum Gasteiger partial charge on any atom is 0.406 e. The molecule has 1 fully saturated rings. The van der Waals surface area contributed by atoms with Crippen molar-refractivity contribution in [3.8, 4) is 0 Å². The van der Waals surface area contributed by atoms with Crippen molar-refractivity contribution in [2.75, 3.05) is 11.4 Å². The molecule has 3 heterocycles. The van der Waals surface area contributed by atoms with Crippen LogP contribution in [-0.4, -0.2) is 30.6 Å². The molecular weight excluding hydrogens is 308 g/mol. The molecule has 0 spiro atoms. The lowest BCUT2D eigenvalue weighted by molar-refractivity contribution is -0.388. The number of fused-ring (bicyclic) bond motifs is 1. The molecule has 1 aliphatic rings. The van der Waals surface area contributed by atoms with Crippen molar-refractivity contribution in [1.82, 2.24) is 19.1 Å². The Morgan fingerprint density at radius 2 is 2.08 bits per heavy atom. The van der Waals surface area contributed by atoms with Gasteiger partial charge in [-0.05, 0) is 34.9 Å². The molecule has 1 atom stereocenters. The van der Waals surface area contributed by atoms with E-state index in [9.17, 15) is 10.1 Å². The molecule has 0 bridgehead atoms. The van der Waals surface area contributed by atoms with Gasteiger partial charge < -0.3 is 19.6 Å². The zero-order chi connectivity index (χ0) is 16.8. The molecule has 0 radical (unpaired) electrons. The molecule has 0 amide bonds. The maximum atomic E-state index is 11.3. The van der Waals surface area contributed by atoms with Gasteiger partial charge in [0.05, 0.1) is 17.1 Å². The molecule has 2 aromatic heterocycles. The van der Waals surface area contributed by atoms with Gasteiger partial charge in [0, 0.05) is 20.6 Å². The second-order valence-electron chi connectivity index (χ2n) is 6.13. The van der Waals surface area contributed by atoms with Crippen molar-refractivity contribution >= 4 is 22.7 Å². The van der Waals surface area contributed by atoms with Crippen molar-refractivity contribution in [2.45, 2.75) is 18.9 Å². The lowest BCUT2D eigenvalue weighted by Crippen LogP contribution is -2.27. The first-order valence-corrected chi connectivity index (χ1v) is 7.91. The van der Waals surface area contributed by atoms with Crippen LogP contribution in [0.3, 0.4) is 0 Å². The largest absolute Gasteiger partial charge is 0.406 e. The second kappa shape index (κ2) is 5.33. The monoisotopic (exact) mass is 326 g/mol. The minimum Gasteiger partial charge on any atom is -0.358 e. The van der Waals surface area contributed by atoms with Crippen LogP contribution in [0.5, 0.6) is 0 Å². The summed E-state index contributed by atoms with van der Waals surface area (Å²) in [7, 11) is 3.79. The van der Waals surface area contributed by atoms with Crippen molar-refractivity contribution in [3.05, 3.63) is 46.5 Å². The number of benzene rings is 1. The molecule has 8 nitrogen and oxygen atoms in total. The molecule has 0 aliphatic carbocycles. The van der Waals surface area contributed by atoms with Gasteiger partial charge in [-0.15, -0.1) is 0 Å². The van der Waals surface area contributed by atoms with Crippen LogP contribution in [-0.2, 0) is 14.1 Å². The van der Waals surface area contributed by atoms with Crippen molar-refractivity contribution in [1.29, 1.82) is 0 Å². The third-order valence-electron chi connectivity index (χ3n) is 4.70. The van der Waals surface area contributed by atoms with Crippen LogP contribution in [0.15, 0.2) is 30.6 Å². The van der Waals surface area contributed by atoms with E-state index in [2.05, 4.69) is 14.5 Å². The summed E-state index contributed by atoms with van der Waals surface area (Å²) in [6.07, 6.45) is 3.38. The van der Waals surface area contributed by atoms with E-state index < -0.39 is 4.92 Å². The van der Waals surface area contributed by atoms with Crippen LogP contribution in [0.1, 0.15) is 24.7 Å². The van der Waals surface area contributed by atoms with Gasteiger partial charge in [0.25, 0.3) is 0 Å². The number of imidazole rings is 2. The molecule has 8 heteroatoms. The molecule has 3 aromatic rings. The lowest BCUT2D eigenvalue weighted by Gasteiger charge is -2.25. The quantitative estimate of drug-likeness (QED) is 0.546. The minimum atomic E-state index is -0.417. The summed E-state index contributed by atoms with van der Waals surface area (Å²) in [5.74, 6) is 1.39. The van der Waals surface area contributed by atoms with E-state index in [1.165, 1.54) is 6.33 Å². The molecule has 0 N–H and O–H groups in total. The molecule has 0 saturated carbocycles. The van der Waals surface area contributed by atoms with Crippen molar-refractivity contribution in [3.63, 3.8) is 0 Å². The van der Waals surface area contributed by atoms with Crippen LogP contribution in [0.4, 0.5) is 11.6 Å². The third-order valence-corrected chi connectivity index (χ3v) is 4.70. The summed E-state index contributed by atoms with van der Waals surface area (Å²) in [5, 5.41) is 11.3. The first kappa shape index (κ1) is 14.7. The fraction of sp³-hybridized carbons (Fsp3) is 0.375. The van der Waals surface area contributed by atoms with E-state index in [1.54, 1.807) is 11.6 Å². The van der Waals surface area contributed by atoms with Gasteiger partial charge in [-0.3, -0.25) is 4.57 Å². The van der Waals surface area contributed by atoms with Gasteiger partial charge in [0.1, 0.15) is 5.82 Å². The minimum absolute atomic E-state index is 0.0106. The highest BCUT2D eigenvalue weighted by atomic mass is 16.6. The van der Waals surface area contributed by atoms with Crippen LogP contribution in [0.2, 0.25) is 0 Å². The highest BCUT2D eigenvalue weighted by molar-refractivity contribution is 5.76. The van der Waals surface area contributed by atoms with Crippen LogP contribution in [0.25, 0.3) is 11.0 Å². The maximum absolute atomic E-state index is 11.3. The number of hydrogen-bond acceptors (Lipinski definition) is 5. The molecular formula is C16H18N6O2. The molecule has 1 aromatic carbocycles. The van der Waals surface area contributed by atoms with E-state index in [0.29, 0.717) is 5.82 Å². The number of aryl methyl sites for hydroxylation is 2. The SMILES string of the molecule is Cn1cnc([N+](=O)[O-])c1N1CCCC1c1nc2ccccc2n1C. The number of para-hydroxylation sites is 2. The van der Waals surface area contributed by atoms with Crippen LogP contribution < -0.4 is 4.90 Å². The zero-order valence-electron chi connectivity index (χ0n) is 13.6. The Labute approximate surface area is 138 Å². The van der Waals surface area contributed by atoms with Crippen LogP contribution >= 0.6 is 0 Å². The Kier molecular flexibility index (Phi) is 3.26. The lowest BCUT2D eigenvalue weighted by atomic mass is 10.2. The van der Waals surface area contributed by atoms with E-state index >= 15 is 0 Å². The Morgan fingerprint density at radius 3 is 2.83 bits per heavy atom. The van der Waals surface area contributed by atoms with Crippen molar-refractivity contribution in [2.24, 2.45) is 14.1 Å². The standard InChI is InChI=1S/C16H18N6O2/c1-19-10-17-15(22(23)24)16(19)21-9-5-8-13(21)14-18-11-6-3-4-7-12(11)20(14)2/h3-4,6-7,10,13H,5,8-9H2,1-2H3. The molecule has 1 aliphatic heterocycles. The Bertz CT molecular complexity index is 928. The first-order chi connectivity index (χ1) is 11.6. The highest BCUT2D eigenvalue weighted by Crippen LogP contribution is 2.39. The summed E-state index contributed by atoms with van der Waals surface area (Å²) < 4.78 is 3.81. The predicted molar refractivity (Wildman–Crippen MR) is 89.9 cm³/mol. The Balaban J connectivity index is 1.82. The summed E-state index contributed by atoms with van der Waals surface area (Å²) >= 11 is 0. The van der Waals surface area contributed by atoms with Gasteiger partial charge in [-0.1, -0.05) is 12.1 Å². The van der Waals surface area contributed by atoms with E-state index in [4.69, 9.17) is 4.98 Å². The van der Waals surface area contributed by atoms with Crippen molar-refractivity contribution < 1.29 is 4.92 Å². The summed E-state index contributed by atoms with van der Waals surface area (Å²) in [6.45, 7) is 0.758. The number of anilines is 1. The van der Waals surface area contributed by atoms with Gasteiger partial charge in [-0.25, -0.2) is 4.98 Å². The van der Waals surface area contributed by atoms with Gasteiger partial charge in [0.15, 0.2) is 0 Å². The Morgan fingerprint density at radius 1 is 1.29 bits per heavy atom. The van der Waals surface area contributed by atoms with Gasteiger partial charge in [-0.2, -0.15) is 0 Å². The van der Waals surface area contributed by atoms with Gasteiger partial charge >= 0.3 is 5.82 Å². The predicted octanol–water partition coefficient (Wildman–Crippen LogP) is 2.56. The van der Waals surface area contributed by atoms with Crippen LogP contribution in [0, 0.1) is 10.1 Å². The molecule has 1 saturated heterocycles. The zero-order valence-corrected chi connectivity index (χ0v) is 13.6. The smallest absolute Gasteiger partial charge is 0.358 e. The fourth-order valence-electron chi connectivity index (χ4n) is 3.62. The molecule has 24 heavy (non-hydrogen) atoms. The summed E-state index contributed by atoms with van der Waals surface area (Å²) in [5.41, 5.74) is 2.01. The van der Waals surface area contributed by atoms with Gasteiger partial charge in [0.2, 0.25) is 12.1 Å². The number of hydrogen-bond donors (Lipinski definition) is 0. The average molecular weight is 326 g/mol. The number of rotatable bonds is 3. The third kappa shape index (κ3) is 2.06.